The highest BCUT2D eigenvalue weighted by Gasteiger charge is 2.36. The van der Waals surface area contributed by atoms with Crippen molar-refractivity contribution < 1.29 is 28.6 Å². The number of aryl methyl sites for hydroxylation is 1. The summed E-state index contributed by atoms with van der Waals surface area (Å²) in [6, 6.07) is 14.7. The van der Waals surface area contributed by atoms with Crippen molar-refractivity contribution in [3.8, 4) is 22.9 Å². The van der Waals surface area contributed by atoms with Crippen LogP contribution in [0.25, 0.3) is 11.8 Å². The third-order valence-electron chi connectivity index (χ3n) is 6.09. The second kappa shape index (κ2) is 10.1. The van der Waals surface area contributed by atoms with E-state index in [0.717, 1.165) is 45.1 Å². The average molecular weight is 520 g/mol. The van der Waals surface area contributed by atoms with Crippen LogP contribution in [0.5, 0.6) is 17.2 Å². The predicted molar refractivity (Wildman–Crippen MR) is 141 cm³/mol. The number of nitrogens with zero attached hydrogens (tertiary/aromatic N) is 2. The molecule has 10 heteroatoms. The smallest absolute Gasteiger partial charge is 0.294 e. The van der Waals surface area contributed by atoms with Crippen LogP contribution in [0.3, 0.4) is 0 Å². The minimum Gasteiger partial charge on any atom is -0.497 e. The fourth-order valence-electron chi connectivity index (χ4n) is 4.31. The number of hydrogen-bond donors (Lipinski definition) is 1. The zero-order valence-corrected chi connectivity index (χ0v) is 21.4. The molecule has 190 valence electrons. The molecule has 0 unspecified atom stereocenters. The third kappa shape index (κ3) is 4.92. The lowest BCUT2D eigenvalue weighted by Crippen LogP contribution is -2.36. The van der Waals surface area contributed by atoms with Gasteiger partial charge in [0.2, 0.25) is 5.91 Å². The van der Waals surface area contributed by atoms with Crippen LogP contribution in [-0.2, 0) is 9.59 Å². The van der Waals surface area contributed by atoms with Crippen molar-refractivity contribution in [3.05, 3.63) is 70.4 Å². The molecule has 1 aromatic heterocycles. The van der Waals surface area contributed by atoms with Crippen LogP contribution in [-0.4, -0.2) is 53.4 Å². The molecule has 2 aliphatic heterocycles. The molecule has 9 nitrogen and oxygen atoms in total. The first-order chi connectivity index (χ1) is 17.8. The Labute approximate surface area is 218 Å². The molecule has 0 aliphatic carbocycles. The number of amides is 3. The molecule has 0 bridgehead atoms. The largest absolute Gasteiger partial charge is 0.497 e. The summed E-state index contributed by atoms with van der Waals surface area (Å²) in [6.07, 6.45) is 1.70. The van der Waals surface area contributed by atoms with E-state index in [9.17, 15) is 14.4 Å². The molecule has 2 aliphatic rings. The molecule has 5 rings (SSSR count). The van der Waals surface area contributed by atoms with E-state index in [2.05, 4.69) is 9.88 Å². The van der Waals surface area contributed by atoms with Crippen LogP contribution in [0.2, 0.25) is 0 Å². The molecular weight excluding hydrogens is 494 g/mol. The van der Waals surface area contributed by atoms with E-state index in [1.54, 1.807) is 31.4 Å². The van der Waals surface area contributed by atoms with Crippen LogP contribution in [0.1, 0.15) is 17.0 Å². The molecule has 1 N–H and O–H groups in total. The van der Waals surface area contributed by atoms with Gasteiger partial charge >= 0.3 is 0 Å². The number of benzene rings is 2. The van der Waals surface area contributed by atoms with Crippen LogP contribution < -0.4 is 19.5 Å². The molecule has 2 aromatic carbocycles. The molecule has 0 saturated carbocycles. The lowest BCUT2D eigenvalue weighted by Gasteiger charge is -2.19. The topological polar surface area (TPSA) is 99.1 Å². The van der Waals surface area contributed by atoms with Gasteiger partial charge in [-0.2, -0.15) is 0 Å². The number of carbonyl (C=O) groups excluding carboxylic acids is 3. The summed E-state index contributed by atoms with van der Waals surface area (Å²) in [5.41, 5.74) is 4.17. The van der Waals surface area contributed by atoms with E-state index in [1.807, 2.05) is 44.2 Å². The van der Waals surface area contributed by atoms with Crippen molar-refractivity contribution in [2.45, 2.75) is 13.8 Å². The Morgan fingerprint density at radius 2 is 1.78 bits per heavy atom. The number of thioether (sulfide) groups is 1. The molecular formula is C27H25N3O6S. The average Bonchev–Trinajstić information content (AvgIpc) is 3.32. The van der Waals surface area contributed by atoms with E-state index in [1.165, 1.54) is 0 Å². The van der Waals surface area contributed by atoms with Gasteiger partial charge in [0.05, 0.1) is 12.0 Å². The first-order valence-electron chi connectivity index (χ1n) is 11.6. The Kier molecular flexibility index (Phi) is 6.66. The summed E-state index contributed by atoms with van der Waals surface area (Å²) in [6.45, 7) is 4.44. The fraction of sp³-hybridized carbons (Fsp3) is 0.222. The second-order valence-electron chi connectivity index (χ2n) is 8.53. The van der Waals surface area contributed by atoms with Gasteiger partial charge < -0.3 is 24.1 Å². The summed E-state index contributed by atoms with van der Waals surface area (Å²) >= 11 is 0.824. The number of fused-ring (bicyclic) bond motifs is 1. The second-order valence-corrected chi connectivity index (χ2v) is 9.53. The fourth-order valence-corrected chi connectivity index (χ4v) is 5.13. The van der Waals surface area contributed by atoms with Gasteiger partial charge in [-0.05, 0) is 79.7 Å². The highest BCUT2D eigenvalue weighted by molar-refractivity contribution is 8.18. The third-order valence-corrected chi connectivity index (χ3v) is 7.00. The monoisotopic (exact) mass is 519 g/mol. The quantitative estimate of drug-likeness (QED) is 0.477. The summed E-state index contributed by atoms with van der Waals surface area (Å²) in [4.78, 5) is 39.5. The van der Waals surface area contributed by atoms with Gasteiger partial charge in [0.25, 0.3) is 11.1 Å². The minimum atomic E-state index is -0.499. The number of ether oxygens (including phenoxy) is 3. The number of hydrogen-bond acceptors (Lipinski definition) is 7. The number of methoxy groups -OCH3 is 1. The van der Waals surface area contributed by atoms with Gasteiger partial charge in [-0.15, -0.1) is 0 Å². The predicted octanol–water partition coefficient (Wildman–Crippen LogP) is 4.55. The Morgan fingerprint density at radius 3 is 2.51 bits per heavy atom. The number of nitrogens with one attached hydrogen (secondary N) is 1. The van der Waals surface area contributed by atoms with Gasteiger partial charge in [0.1, 0.15) is 25.5 Å². The Hall–Kier alpha value is -4.18. The van der Waals surface area contributed by atoms with Gasteiger partial charge in [0, 0.05) is 28.8 Å². The normalized spacial score (nSPS) is 15.9. The minimum absolute atomic E-state index is 0.270. The Balaban J connectivity index is 1.30. The molecule has 0 spiro atoms. The Bertz CT molecular complexity index is 1430. The summed E-state index contributed by atoms with van der Waals surface area (Å²) in [5, 5.41) is 2.22. The van der Waals surface area contributed by atoms with Gasteiger partial charge in [-0.25, -0.2) is 0 Å². The Morgan fingerprint density at radius 1 is 1.05 bits per heavy atom. The van der Waals surface area contributed by atoms with Crippen LogP contribution in [0, 0.1) is 13.8 Å². The van der Waals surface area contributed by atoms with E-state index >= 15 is 0 Å². The summed E-state index contributed by atoms with van der Waals surface area (Å²) < 4.78 is 18.3. The van der Waals surface area contributed by atoms with Crippen LogP contribution >= 0.6 is 11.8 Å². The van der Waals surface area contributed by atoms with E-state index in [-0.39, 0.29) is 11.4 Å². The van der Waals surface area contributed by atoms with Crippen LogP contribution in [0.4, 0.5) is 10.5 Å². The maximum absolute atomic E-state index is 13.0. The molecule has 0 radical (unpaired) electrons. The maximum atomic E-state index is 13.0. The molecule has 3 heterocycles. The van der Waals surface area contributed by atoms with Crippen molar-refractivity contribution in [2.24, 2.45) is 0 Å². The number of rotatable bonds is 6. The van der Waals surface area contributed by atoms with Gasteiger partial charge in [0.15, 0.2) is 11.5 Å². The van der Waals surface area contributed by atoms with Crippen molar-refractivity contribution >= 4 is 40.6 Å². The van der Waals surface area contributed by atoms with Crippen molar-refractivity contribution in [2.75, 3.05) is 32.2 Å². The number of aromatic nitrogens is 1. The summed E-state index contributed by atoms with van der Waals surface area (Å²) in [5.74, 6) is 0.912. The molecule has 37 heavy (non-hydrogen) atoms. The lowest BCUT2D eigenvalue weighted by atomic mass is 10.2. The van der Waals surface area contributed by atoms with E-state index < -0.39 is 17.1 Å². The highest BCUT2D eigenvalue weighted by atomic mass is 32.2. The molecule has 3 aromatic rings. The summed E-state index contributed by atoms with van der Waals surface area (Å²) in [7, 11) is 1.62. The highest BCUT2D eigenvalue weighted by Crippen LogP contribution is 2.35. The van der Waals surface area contributed by atoms with E-state index in [0.29, 0.717) is 30.4 Å². The number of carbonyl (C=O) groups is 3. The zero-order chi connectivity index (χ0) is 26.1. The SMILES string of the molecule is COc1ccc(-n2c(C)cc(/C=C3\SC(=O)N(CC(=O)Nc4ccc5c(c4)OCCO5)C3=O)c2C)cc1. The van der Waals surface area contributed by atoms with E-state index in [4.69, 9.17) is 14.2 Å². The molecule has 0 atom stereocenters. The van der Waals surface area contributed by atoms with Crippen molar-refractivity contribution in [1.29, 1.82) is 0 Å². The van der Waals surface area contributed by atoms with Crippen molar-refractivity contribution in [3.63, 3.8) is 0 Å². The standard InChI is InChI=1S/C27H25N3O6S/c1-16-12-18(17(2)30(16)20-5-7-21(34-3)8-6-20)13-24-26(32)29(27(33)37-24)15-25(31)28-19-4-9-22-23(14-19)36-11-10-35-22/h4-9,12-14H,10-11,15H2,1-3H3,(H,28,31)/b24-13-. The van der Waals surface area contributed by atoms with Crippen molar-refractivity contribution in [1.82, 2.24) is 9.47 Å². The van der Waals surface area contributed by atoms with Gasteiger partial charge in [-0.3, -0.25) is 19.3 Å². The first kappa shape index (κ1) is 24.5. The van der Waals surface area contributed by atoms with Gasteiger partial charge in [-0.1, -0.05) is 0 Å². The first-order valence-corrected chi connectivity index (χ1v) is 12.4. The number of anilines is 1. The molecule has 3 amide bonds. The van der Waals surface area contributed by atoms with Crippen LogP contribution in [0.15, 0.2) is 53.4 Å². The maximum Gasteiger partial charge on any atom is 0.294 e. The molecule has 1 fully saturated rings. The number of imide groups is 1. The molecule has 1 saturated heterocycles. The lowest BCUT2D eigenvalue weighted by molar-refractivity contribution is -0.127. The zero-order valence-electron chi connectivity index (χ0n) is 20.6.